The van der Waals surface area contributed by atoms with Gasteiger partial charge in [0.1, 0.15) is 17.4 Å². The third-order valence-electron chi connectivity index (χ3n) is 6.49. The number of ether oxygens (including phenoxy) is 1. The van der Waals surface area contributed by atoms with E-state index in [0.29, 0.717) is 30.8 Å². The summed E-state index contributed by atoms with van der Waals surface area (Å²) in [6.45, 7) is 2.89. The van der Waals surface area contributed by atoms with E-state index < -0.39 is 17.6 Å². The molecule has 0 saturated heterocycles. The van der Waals surface area contributed by atoms with Crippen molar-refractivity contribution in [3.63, 3.8) is 0 Å². The Bertz CT molecular complexity index is 1140. The van der Waals surface area contributed by atoms with Gasteiger partial charge in [0, 0.05) is 23.7 Å². The Balaban J connectivity index is 1.39. The number of phenols is 1. The summed E-state index contributed by atoms with van der Waals surface area (Å²) in [6, 6.07) is 11.4. The first-order chi connectivity index (χ1) is 16.5. The molecule has 0 aromatic heterocycles. The molecule has 34 heavy (non-hydrogen) atoms. The molecule has 0 radical (unpaired) electrons. The fourth-order valence-corrected chi connectivity index (χ4v) is 4.50. The molecule has 2 aromatic rings. The number of phenolic OH excluding ortho intramolecular Hbond substituents is 1. The van der Waals surface area contributed by atoms with Gasteiger partial charge in [0.2, 0.25) is 0 Å². The molecule has 0 heterocycles. The molecule has 2 nitrogen and oxygen atoms in total. The minimum absolute atomic E-state index is 0.0922. The summed E-state index contributed by atoms with van der Waals surface area (Å²) in [5.74, 6) is -2.24. The minimum Gasteiger partial charge on any atom is -0.508 e. The average molecular weight is 467 g/mol. The van der Waals surface area contributed by atoms with Gasteiger partial charge in [0.15, 0.2) is 5.83 Å². The van der Waals surface area contributed by atoms with Crippen LogP contribution in [-0.2, 0) is 11.3 Å². The zero-order valence-electron chi connectivity index (χ0n) is 19.2. The van der Waals surface area contributed by atoms with E-state index in [4.69, 9.17) is 4.74 Å². The molecule has 0 fully saturated rings. The van der Waals surface area contributed by atoms with Crippen LogP contribution >= 0.6 is 0 Å². The minimum atomic E-state index is -0.832. The highest BCUT2D eigenvalue weighted by Crippen LogP contribution is 2.40. The van der Waals surface area contributed by atoms with E-state index in [9.17, 15) is 18.3 Å². The number of halogens is 3. The van der Waals surface area contributed by atoms with Gasteiger partial charge in [-0.3, -0.25) is 0 Å². The van der Waals surface area contributed by atoms with Crippen molar-refractivity contribution in [1.29, 1.82) is 0 Å². The van der Waals surface area contributed by atoms with Gasteiger partial charge in [0.05, 0.1) is 6.61 Å². The molecule has 2 unspecified atom stereocenters. The average Bonchev–Trinajstić information content (AvgIpc) is 2.85. The van der Waals surface area contributed by atoms with Gasteiger partial charge in [-0.15, -0.1) is 0 Å². The van der Waals surface area contributed by atoms with Gasteiger partial charge < -0.3 is 9.84 Å². The summed E-state index contributed by atoms with van der Waals surface area (Å²) in [6.07, 6.45) is 9.98. The summed E-state index contributed by atoms with van der Waals surface area (Å²) in [7, 11) is 0. The van der Waals surface area contributed by atoms with Crippen LogP contribution in [0.5, 0.6) is 5.75 Å². The Kier molecular flexibility index (Phi) is 7.73. The molecule has 0 aliphatic heterocycles. The first-order valence-electron chi connectivity index (χ1n) is 11.7. The van der Waals surface area contributed by atoms with Crippen LogP contribution in [0.15, 0.2) is 84.0 Å². The Morgan fingerprint density at radius 2 is 1.82 bits per heavy atom. The summed E-state index contributed by atoms with van der Waals surface area (Å²) < 4.78 is 49.4. The third-order valence-corrected chi connectivity index (χ3v) is 6.49. The molecular formula is C29H29F3O2. The largest absolute Gasteiger partial charge is 0.508 e. The summed E-state index contributed by atoms with van der Waals surface area (Å²) in [5, 5.41) is 9.41. The lowest BCUT2D eigenvalue weighted by Gasteiger charge is -2.21. The van der Waals surface area contributed by atoms with Gasteiger partial charge in [-0.05, 0) is 73.4 Å². The van der Waals surface area contributed by atoms with Crippen LogP contribution in [0, 0.1) is 11.7 Å². The highest BCUT2D eigenvalue weighted by Gasteiger charge is 2.26. The van der Waals surface area contributed by atoms with E-state index in [2.05, 4.69) is 0 Å². The molecule has 2 aliphatic carbocycles. The lowest BCUT2D eigenvalue weighted by atomic mass is 9.85. The summed E-state index contributed by atoms with van der Waals surface area (Å²) >= 11 is 0. The normalized spacial score (nSPS) is 21.1. The smallest absolute Gasteiger partial charge is 0.162 e. The fourth-order valence-electron chi connectivity index (χ4n) is 4.50. The van der Waals surface area contributed by atoms with Crippen molar-refractivity contribution in [2.24, 2.45) is 5.92 Å². The van der Waals surface area contributed by atoms with Gasteiger partial charge >= 0.3 is 0 Å². The van der Waals surface area contributed by atoms with E-state index in [1.807, 2.05) is 31.2 Å². The number of aromatic hydroxyl groups is 1. The topological polar surface area (TPSA) is 29.5 Å². The van der Waals surface area contributed by atoms with Gasteiger partial charge in [-0.1, -0.05) is 48.6 Å². The van der Waals surface area contributed by atoms with Crippen LogP contribution in [0.2, 0.25) is 0 Å². The Hall–Kier alpha value is -3.05. The van der Waals surface area contributed by atoms with Crippen molar-refractivity contribution < 1.29 is 23.0 Å². The number of hydrogen-bond donors (Lipinski definition) is 1. The molecule has 4 rings (SSSR count). The van der Waals surface area contributed by atoms with Crippen molar-refractivity contribution in [2.45, 2.75) is 45.1 Å². The quantitative estimate of drug-likeness (QED) is 0.447. The Labute approximate surface area is 198 Å². The van der Waals surface area contributed by atoms with Gasteiger partial charge in [0.25, 0.3) is 0 Å². The fraction of sp³-hybridized carbons (Fsp3) is 0.310. The zero-order valence-corrected chi connectivity index (χ0v) is 19.2. The zero-order chi connectivity index (χ0) is 24.1. The monoisotopic (exact) mass is 466 g/mol. The van der Waals surface area contributed by atoms with E-state index in [-0.39, 0.29) is 23.1 Å². The highest BCUT2D eigenvalue weighted by atomic mass is 19.2. The highest BCUT2D eigenvalue weighted by molar-refractivity contribution is 5.67. The molecular weight excluding hydrogens is 437 g/mol. The molecule has 5 heteroatoms. The summed E-state index contributed by atoms with van der Waals surface area (Å²) in [5.41, 5.74) is 3.31. The second-order valence-corrected chi connectivity index (χ2v) is 8.78. The third kappa shape index (κ3) is 5.53. The lowest BCUT2D eigenvalue weighted by Crippen LogP contribution is -2.07. The number of hydrogen-bond acceptors (Lipinski definition) is 2. The lowest BCUT2D eigenvalue weighted by molar-refractivity contribution is 0.134. The second kappa shape index (κ2) is 10.9. The first-order valence-corrected chi connectivity index (χ1v) is 11.7. The number of benzene rings is 2. The summed E-state index contributed by atoms with van der Waals surface area (Å²) in [4.78, 5) is 0. The molecule has 2 aromatic carbocycles. The van der Waals surface area contributed by atoms with E-state index in [1.54, 1.807) is 24.3 Å². The predicted octanol–water partition coefficient (Wildman–Crippen LogP) is 8.07. The van der Waals surface area contributed by atoms with E-state index in [0.717, 1.165) is 30.4 Å². The van der Waals surface area contributed by atoms with Crippen LogP contribution in [0.1, 0.15) is 55.2 Å². The molecule has 178 valence electrons. The standard InChI is InChI=1S/C29H29F3O2/c1-2-34-18-20-6-15-25(27(30)17-20)21-7-3-19(4-8-21)5-9-23-12-16-26(29(32)28(23)31)22-10-13-24(33)14-11-22/h5-7,9-15,17,19,26,33H,2-4,8,16,18H2,1H3/b9-5+. The molecule has 0 bridgehead atoms. The molecule has 0 spiro atoms. The maximum Gasteiger partial charge on any atom is 0.162 e. The van der Waals surface area contributed by atoms with Crippen LogP contribution < -0.4 is 0 Å². The Morgan fingerprint density at radius 3 is 2.50 bits per heavy atom. The van der Waals surface area contributed by atoms with Crippen LogP contribution in [0.25, 0.3) is 5.57 Å². The van der Waals surface area contributed by atoms with Crippen LogP contribution in [0.3, 0.4) is 0 Å². The molecule has 2 atom stereocenters. The maximum absolute atomic E-state index is 14.7. The van der Waals surface area contributed by atoms with Gasteiger partial charge in [-0.2, -0.15) is 0 Å². The van der Waals surface area contributed by atoms with Crippen molar-refractivity contribution in [2.75, 3.05) is 6.61 Å². The molecule has 0 saturated carbocycles. The van der Waals surface area contributed by atoms with Crippen molar-refractivity contribution in [3.8, 4) is 5.75 Å². The van der Waals surface area contributed by atoms with Crippen molar-refractivity contribution >= 4 is 5.57 Å². The number of rotatable bonds is 7. The van der Waals surface area contributed by atoms with Crippen molar-refractivity contribution in [3.05, 3.63) is 107 Å². The Morgan fingerprint density at radius 1 is 1.03 bits per heavy atom. The maximum atomic E-state index is 14.7. The van der Waals surface area contributed by atoms with Gasteiger partial charge in [-0.25, -0.2) is 13.2 Å². The van der Waals surface area contributed by atoms with E-state index in [1.165, 1.54) is 18.2 Å². The van der Waals surface area contributed by atoms with Crippen molar-refractivity contribution in [1.82, 2.24) is 0 Å². The predicted molar refractivity (Wildman–Crippen MR) is 129 cm³/mol. The second-order valence-electron chi connectivity index (χ2n) is 8.78. The first kappa shape index (κ1) is 24.1. The molecule has 2 aliphatic rings. The van der Waals surface area contributed by atoms with E-state index >= 15 is 0 Å². The molecule has 1 N–H and O–H groups in total. The number of allylic oxidation sites excluding steroid dienone is 8. The SMILES string of the molecule is CCOCc1ccc(C2=CCC(/C=C/C3=CCC(c4ccc(O)cc4)C(F)=C3F)CC2)c(F)c1. The van der Waals surface area contributed by atoms with Crippen LogP contribution in [-0.4, -0.2) is 11.7 Å². The molecule has 0 amide bonds. The van der Waals surface area contributed by atoms with Crippen LogP contribution in [0.4, 0.5) is 13.2 Å².